The molecule has 2 heteroatoms. The van der Waals surface area contributed by atoms with Crippen LogP contribution in [0.5, 0.6) is 0 Å². The molecule has 1 rings (SSSR count). The van der Waals surface area contributed by atoms with Gasteiger partial charge in [0.2, 0.25) is 0 Å². The molecule has 0 aliphatic heterocycles. The summed E-state index contributed by atoms with van der Waals surface area (Å²) in [5.74, 6) is 0.238. The van der Waals surface area contributed by atoms with Crippen LogP contribution in [0.15, 0.2) is 24.3 Å². The normalized spacial score (nSPS) is 13.1. The van der Waals surface area contributed by atoms with Crippen molar-refractivity contribution in [2.45, 2.75) is 46.0 Å². The molecule has 0 fully saturated rings. The first kappa shape index (κ1) is 13.8. The molecule has 1 aromatic rings. The monoisotopic (exact) mass is 234 g/mol. The summed E-state index contributed by atoms with van der Waals surface area (Å²) in [6.07, 6.45) is 0.207. The van der Waals surface area contributed by atoms with E-state index >= 15 is 0 Å². The van der Waals surface area contributed by atoms with Crippen molar-refractivity contribution in [2.75, 3.05) is 0 Å². The van der Waals surface area contributed by atoms with Gasteiger partial charge >= 0.3 is 5.97 Å². The molecule has 0 spiro atoms. The molecular weight excluding hydrogens is 212 g/mol. The Morgan fingerprint density at radius 3 is 1.88 bits per heavy atom. The fraction of sp³-hybridized carbons (Fsp3) is 0.533. The molecule has 0 aromatic heterocycles. The predicted molar refractivity (Wildman–Crippen MR) is 70.4 cm³/mol. The molecule has 17 heavy (non-hydrogen) atoms. The van der Waals surface area contributed by atoms with Crippen LogP contribution in [0.3, 0.4) is 0 Å². The Morgan fingerprint density at radius 2 is 1.53 bits per heavy atom. The van der Waals surface area contributed by atoms with Crippen molar-refractivity contribution in [3.05, 3.63) is 35.4 Å². The Bertz CT molecular complexity index is 363. The number of carbonyl (C=O) groups is 1. The van der Waals surface area contributed by atoms with Crippen molar-refractivity contribution in [1.82, 2.24) is 0 Å². The van der Waals surface area contributed by atoms with Crippen LogP contribution in [-0.4, -0.2) is 11.1 Å². The van der Waals surface area contributed by atoms with Gasteiger partial charge in [0, 0.05) is 0 Å². The van der Waals surface area contributed by atoms with Gasteiger partial charge in [-0.2, -0.15) is 0 Å². The maximum Gasteiger partial charge on any atom is 0.303 e. The van der Waals surface area contributed by atoms with Crippen LogP contribution in [0.25, 0.3) is 0 Å². The Morgan fingerprint density at radius 1 is 1.06 bits per heavy atom. The maximum atomic E-state index is 10.9. The first-order chi connectivity index (χ1) is 7.91. The quantitative estimate of drug-likeness (QED) is 0.835. The molecule has 2 nitrogen and oxygen atoms in total. The molecule has 1 N–H and O–H groups in total. The predicted octanol–water partition coefficient (Wildman–Crippen LogP) is 4.02. The SMILES string of the molecule is CC(C)c1ccc([C@@H](CC(=O)O)C(C)C)cc1. The second-order valence-corrected chi connectivity index (χ2v) is 5.27. The highest BCUT2D eigenvalue weighted by Gasteiger charge is 2.19. The molecule has 0 bridgehead atoms. The highest BCUT2D eigenvalue weighted by atomic mass is 16.4. The summed E-state index contributed by atoms with van der Waals surface area (Å²) < 4.78 is 0. The summed E-state index contributed by atoms with van der Waals surface area (Å²) in [6.45, 7) is 8.46. The fourth-order valence-corrected chi connectivity index (χ4v) is 2.05. The van der Waals surface area contributed by atoms with E-state index in [2.05, 4.69) is 52.0 Å². The summed E-state index contributed by atoms with van der Waals surface area (Å²) in [7, 11) is 0. The maximum absolute atomic E-state index is 10.9. The molecule has 0 amide bonds. The van der Waals surface area contributed by atoms with Crippen molar-refractivity contribution >= 4 is 5.97 Å². The van der Waals surface area contributed by atoms with Crippen LogP contribution in [0, 0.1) is 5.92 Å². The summed E-state index contributed by atoms with van der Waals surface area (Å²) in [5.41, 5.74) is 2.43. The zero-order valence-electron chi connectivity index (χ0n) is 11.1. The lowest BCUT2D eigenvalue weighted by molar-refractivity contribution is -0.137. The van der Waals surface area contributed by atoms with Crippen LogP contribution in [0.4, 0.5) is 0 Å². The lowest BCUT2D eigenvalue weighted by Gasteiger charge is -2.20. The second-order valence-electron chi connectivity index (χ2n) is 5.27. The van der Waals surface area contributed by atoms with E-state index in [0.717, 1.165) is 5.56 Å². The first-order valence-electron chi connectivity index (χ1n) is 6.23. The fourth-order valence-electron chi connectivity index (χ4n) is 2.05. The summed E-state index contributed by atoms with van der Waals surface area (Å²) in [4.78, 5) is 10.9. The minimum Gasteiger partial charge on any atom is -0.481 e. The average molecular weight is 234 g/mol. The lowest BCUT2D eigenvalue weighted by Crippen LogP contribution is -2.12. The molecule has 0 heterocycles. The van der Waals surface area contributed by atoms with Crippen molar-refractivity contribution in [2.24, 2.45) is 5.92 Å². The molecule has 0 unspecified atom stereocenters. The van der Waals surface area contributed by atoms with E-state index in [1.54, 1.807) is 0 Å². The van der Waals surface area contributed by atoms with Gasteiger partial charge in [-0.25, -0.2) is 0 Å². The molecule has 0 saturated heterocycles. The van der Waals surface area contributed by atoms with Gasteiger partial charge in [-0.05, 0) is 28.9 Å². The van der Waals surface area contributed by atoms with Gasteiger partial charge < -0.3 is 5.11 Å². The zero-order valence-corrected chi connectivity index (χ0v) is 11.1. The van der Waals surface area contributed by atoms with E-state index in [4.69, 9.17) is 5.11 Å². The van der Waals surface area contributed by atoms with Crippen LogP contribution < -0.4 is 0 Å². The van der Waals surface area contributed by atoms with Gasteiger partial charge in [0.15, 0.2) is 0 Å². The van der Waals surface area contributed by atoms with Gasteiger partial charge in [-0.3, -0.25) is 4.79 Å². The Kier molecular flexibility index (Phi) is 4.73. The molecular formula is C15H22O2. The number of hydrogen-bond donors (Lipinski definition) is 1. The topological polar surface area (TPSA) is 37.3 Å². The van der Waals surface area contributed by atoms with Crippen LogP contribution in [0.2, 0.25) is 0 Å². The highest BCUT2D eigenvalue weighted by molar-refractivity contribution is 5.68. The van der Waals surface area contributed by atoms with Crippen LogP contribution in [-0.2, 0) is 4.79 Å². The standard InChI is InChI=1S/C15H22O2/c1-10(2)12-5-7-13(8-6-12)14(11(3)4)9-15(16)17/h5-8,10-11,14H,9H2,1-4H3,(H,16,17)/t14-/m0/s1. The van der Waals surface area contributed by atoms with E-state index in [0.29, 0.717) is 11.8 Å². The zero-order chi connectivity index (χ0) is 13.0. The van der Waals surface area contributed by atoms with Gasteiger partial charge in [-0.1, -0.05) is 52.0 Å². The van der Waals surface area contributed by atoms with Gasteiger partial charge in [0.05, 0.1) is 6.42 Å². The average Bonchev–Trinajstić information content (AvgIpc) is 2.25. The molecule has 0 saturated carbocycles. The largest absolute Gasteiger partial charge is 0.481 e. The first-order valence-corrected chi connectivity index (χ1v) is 6.23. The molecule has 0 aliphatic rings. The Labute approximate surface area is 104 Å². The number of carboxylic acids is 1. The number of aliphatic carboxylic acids is 1. The lowest BCUT2D eigenvalue weighted by atomic mass is 9.85. The third-order valence-electron chi connectivity index (χ3n) is 3.23. The number of carboxylic acid groups (broad SMARTS) is 1. The summed E-state index contributed by atoms with van der Waals surface area (Å²) in [6, 6.07) is 8.36. The molecule has 1 atom stereocenters. The summed E-state index contributed by atoms with van der Waals surface area (Å²) >= 11 is 0. The minimum atomic E-state index is -0.725. The second kappa shape index (κ2) is 5.85. The number of hydrogen-bond acceptors (Lipinski definition) is 1. The summed E-state index contributed by atoms with van der Waals surface area (Å²) in [5, 5.41) is 8.94. The van der Waals surface area contributed by atoms with E-state index in [9.17, 15) is 4.79 Å². The van der Waals surface area contributed by atoms with E-state index in [1.807, 2.05) is 0 Å². The van der Waals surface area contributed by atoms with Crippen molar-refractivity contribution in [3.63, 3.8) is 0 Å². The van der Waals surface area contributed by atoms with Crippen molar-refractivity contribution < 1.29 is 9.90 Å². The molecule has 0 radical (unpaired) electrons. The third-order valence-corrected chi connectivity index (χ3v) is 3.23. The van der Waals surface area contributed by atoms with Crippen LogP contribution in [0.1, 0.15) is 57.1 Å². The molecule has 1 aromatic carbocycles. The van der Waals surface area contributed by atoms with Crippen LogP contribution >= 0.6 is 0 Å². The number of rotatable bonds is 5. The van der Waals surface area contributed by atoms with Crippen molar-refractivity contribution in [3.8, 4) is 0 Å². The van der Waals surface area contributed by atoms with Gasteiger partial charge in [0.1, 0.15) is 0 Å². The third kappa shape index (κ3) is 3.88. The minimum absolute atomic E-state index is 0.105. The van der Waals surface area contributed by atoms with E-state index in [-0.39, 0.29) is 12.3 Å². The van der Waals surface area contributed by atoms with E-state index < -0.39 is 5.97 Å². The van der Waals surface area contributed by atoms with E-state index in [1.165, 1.54) is 5.56 Å². The smallest absolute Gasteiger partial charge is 0.303 e. The highest BCUT2D eigenvalue weighted by Crippen LogP contribution is 2.29. The van der Waals surface area contributed by atoms with Gasteiger partial charge in [0.25, 0.3) is 0 Å². The molecule has 94 valence electrons. The van der Waals surface area contributed by atoms with Crippen molar-refractivity contribution in [1.29, 1.82) is 0 Å². The number of benzene rings is 1. The Hall–Kier alpha value is -1.31. The van der Waals surface area contributed by atoms with Gasteiger partial charge in [-0.15, -0.1) is 0 Å². The Balaban J connectivity index is 2.91. The molecule has 0 aliphatic carbocycles.